The van der Waals surface area contributed by atoms with Crippen LogP contribution >= 0.6 is 0 Å². The molecule has 120 valence electrons. The Labute approximate surface area is 132 Å². The third kappa shape index (κ3) is 3.65. The van der Waals surface area contributed by atoms with Crippen LogP contribution in [0.4, 0.5) is 4.79 Å². The largest absolute Gasteiger partial charge is 0.444 e. The lowest BCUT2D eigenvalue weighted by Crippen LogP contribution is -2.32. The molecule has 8 heteroatoms. The molecule has 2 heterocycles. The van der Waals surface area contributed by atoms with Gasteiger partial charge in [-0.1, -0.05) is 12.1 Å². The van der Waals surface area contributed by atoms with Crippen LogP contribution in [0.25, 0.3) is 22.7 Å². The number of carbonyl (C=O) groups excluding carboxylic acids is 1. The topological polar surface area (TPSA) is 106 Å². The van der Waals surface area contributed by atoms with E-state index in [9.17, 15) is 4.79 Å². The van der Waals surface area contributed by atoms with E-state index >= 15 is 0 Å². The second kappa shape index (κ2) is 5.71. The molecule has 0 unspecified atom stereocenters. The molecular weight excluding hydrogens is 298 g/mol. The van der Waals surface area contributed by atoms with E-state index in [-0.39, 0.29) is 18.3 Å². The van der Waals surface area contributed by atoms with E-state index in [1.165, 1.54) is 0 Å². The molecule has 8 nitrogen and oxygen atoms in total. The standard InChI is InChI=1S/C15H17N5O3/c1-15(2,3)23-14(21)16-8-11-19-20-13(22-11)12-17-9-6-4-5-7-10(9)18-12/h4-7H,8H2,1-3H3,(H,16,21)(H,17,18). The molecule has 1 amide bonds. The van der Waals surface area contributed by atoms with E-state index in [0.29, 0.717) is 5.82 Å². The highest BCUT2D eigenvalue weighted by Crippen LogP contribution is 2.19. The van der Waals surface area contributed by atoms with Gasteiger partial charge >= 0.3 is 6.09 Å². The highest BCUT2D eigenvalue weighted by atomic mass is 16.6. The molecule has 0 aliphatic rings. The number of fused-ring (bicyclic) bond motifs is 1. The van der Waals surface area contributed by atoms with Crippen LogP contribution < -0.4 is 5.32 Å². The van der Waals surface area contributed by atoms with Gasteiger partial charge in [-0.05, 0) is 32.9 Å². The van der Waals surface area contributed by atoms with Crippen molar-refractivity contribution in [3.8, 4) is 11.7 Å². The first-order chi connectivity index (χ1) is 10.9. The Hall–Kier alpha value is -2.90. The Bertz CT molecular complexity index is 798. The molecule has 0 spiro atoms. The van der Waals surface area contributed by atoms with Crippen LogP contribution in [0, 0.1) is 0 Å². The lowest BCUT2D eigenvalue weighted by molar-refractivity contribution is 0.0519. The zero-order chi connectivity index (χ0) is 16.4. The van der Waals surface area contributed by atoms with Crippen LogP contribution in [0.1, 0.15) is 26.7 Å². The molecule has 0 saturated carbocycles. The number of aromatic amines is 1. The number of nitrogens with one attached hydrogen (secondary N) is 2. The molecule has 0 atom stereocenters. The van der Waals surface area contributed by atoms with Gasteiger partial charge in [0.15, 0.2) is 5.82 Å². The Morgan fingerprint density at radius 2 is 2.09 bits per heavy atom. The van der Waals surface area contributed by atoms with Crippen LogP contribution in [0.3, 0.4) is 0 Å². The fourth-order valence-corrected chi connectivity index (χ4v) is 1.94. The molecule has 2 N–H and O–H groups in total. The molecule has 1 aromatic carbocycles. The third-order valence-corrected chi connectivity index (χ3v) is 2.84. The summed E-state index contributed by atoms with van der Waals surface area (Å²) < 4.78 is 10.6. The number of carbonyl (C=O) groups is 1. The van der Waals surface area contributed by atoms with E-state index in [0.717, 1.165) is 11.0 Å². The van der Waals surface area contributed by atoms with Crippen molar-refractivity contribution in [2.75, 3.05) is 0 Å². The van der Waals surface area contributed by atoms with Crippen LogP contribution in [-0.2, 0) is 11.3 Å². The van der Waals surface area contributed by atoms with Crippen LogP contribution in [-0.4, -0.2) is 31.9 Å². The maximum absolute atomic E-state index is 11.6. The van der Waals surface area contributed by atoms with E-state index < -0.39 is 11.7 Å². The molecule has 2 aromatic heterocycles. The number of aromatic nitrogens is 4. The Morgan fingerprint density at radius 3 is 2.83 bits per heavy atom. The maximum atomic E-state index is 11.6. The van der Waals surface area contributed by atoms with Gasteiger partial charge in [0.05, 0.1) is 17.6 Å². The van der Waals surface area contributed by atoms with E-state index in [1.54, 1.807) is 20.8 Å². The van der Waals surface area contributed by atoms with Gasteiger partial charge in [-0.2, -0.15) is 0 Å². The van der Waals surface area contributed by atoms with Crippen LogP contribution in [0.2, 0.25) is 0 Å². The minimum Gasteiger partial charge on any atom is -0.444 e. The summed E-state index contributed by atoms with van der Waals surface area (Å²) >= 11 is 0. The average molecular weight is 315 g/mol. The number of hydrogen-bond donors (Lipinski definition) is 2. The first-order valence-electron chi connectivity index (χ1n) is 7.15. The van der Waals surface area contributed by atoms with E-state index in [4.69, 9.17) is 9.15 Å². The van der Waals surface area contributed by atoms with Crippen molar-refractivity contribution in [3.05, 3.63) is 30.2 Å². The lowest BCUT2D eigenvalue weighted by Gasteiger charge is -2.19. The molecule has 0 fully saturated rings. The van der Waals surface area contributed by atoms with Crippen molar-refractivity contribution in [2.24, 2.45) is 0 Å². The van der Waals surface area contributed by atoms with Gasteiger partial charge in [-0.25, -0.2) is 9.78 Å². The summed E-state index contributed by atoms with van der Waals surface area (Å²) in [7, 11) is 0. The molecule has 0 aliphatic heterocycles. The molecular formula is C15H17N5O3. The summed E-state index contributed by atoms with van der Waals surface area (Å²) in [5, 5.41) is 10.4. The minimum absolute atomic E-state index is 0.0855. The van der Waals surface area contributed by atoms with Gasteiger partial charge < -0.3 is 19.5 Å². The van der Waals surface area contributed by atoms with Gasteiger partial charge in [-0.3, -0.25) is 0 Å². The molecule has 0 bridgehead atoms. The Balaban J connectivity index is 1.67. The number of nitrogens with zero attached hydrogens (tertiary/aromatic N) is 3. The number of para-hydroxylation sites is 2. The molecule has 0 radical (unpaired) electrons. The Morgan fingerprint density at radius 1 is 1.30 bits per heavy atom. The molecule has 0 saturated heterocycles. The third-order valence-electron chi connectivity index (χ3n) is 2.84. The van der Waals surface area contributed by atoms with Crippen LogP contribution in [0.15, 0.2) is 28.7 Å². The highest BCUT2D eigenvalue weighted by Gasteiger charge is 2.17. The average Bonchev–Trinajstić information content (AvgIpc) is 3.09. The van der Waals surface area contributed by atoms with Gasteiger partial charge in [0.2, 0.25) is 5.89 Å². The minimum atomic E-state index is -0.557. The maximum Gasteiger partial charge on any atom is 0.408 e. The van der Waals surface area contributed by atoms with Gasteiger partial charge in [0.1, 0.15) is 5.60 Å². The monoisotopic (exact) mass is 315 g/mol. The van der Waals surface area contributed by atoms with E-state index in [2.05, 4.69) is 25.5 Å². The number of H-pyrrole nitrogens is 1. The quantitative estimate of drug-likeness (QED) is 0.769. The van der Waals surface area contributed by atoms with Gasteiger partial charge in [0.25, 0.3) is 5.89 Å². The van der Waals surface area contributed by atoms with Gasteiger partial charge in [-0.15, -0.1) is 10.2 Å². The second-order valence-corrected chi connectivity index (χ2v) is 5.96. The predicted octanol–water partition coefficient (Wildman–Crippen LogP) is 2.64. The van der Waals surface area contributed by atoms with E-state index in [1.807, 2.05) is 24.3 Å². The lowest BCUT2D eigenvalue weighted by atomic mass is 10.2. The number of imidazole rings is 1. The van der Waals surface area contributed by atoms with Crippen molar-refractivity contribution in [1.82, 2.24) is 25.5 Å². The zero-order valence-corrected chi connectivity index (χ0v) is 13.1. The number of ether oxygens (including phenoxy) is 1. The zero-order valence-electron chi connectivity index (χ0n) is 13.1. The van der Waals surface area contributed by atoms with Crippen LogP contribution in [0.5, 0.6) is 0 Å². The summed E-state index contributed by atoms with van der Waals surface area (Å²) in [6.07, 6.45) is -0.541. The number of rotatable bonds is 3. The fourth-order valence-electron chi connectivity index (χ4n) is 1.94. The first-order valence-corrected chi connectivity index (χ1v) is 7.15. The van der Waals surface area contributed by atoms with Crippen molar-refractivity contribution in [3.63, 3.8) is 0 Å². The number of hydrogen-bond acceptors (Lipinski definition) is 6. The normalized spacial score (nSPS) is 11.6. The van der Waals surface area contributed by atoms with Crippen molar-refractivity contribution in [2.45, 2.75) is 32.9 Å². The van der Waals surface area contributed by atoms with Gasteiger partial charge in [0, 0.05) is 0 Å². The highest BCUT2D eigenvalue weighted by molar-refractivity contribution is 5.77. The second-order valence-electron chi connectivity index (χ2n) is 5.96. The molecule has 0 aliphatic carbocycles. The summed E-state index contributed by atoms with van der Waals surface area (Å²) in [4.78, 5) is 19.1. The van der Waals surface area contributed by atoms with Crippen molar-refractivity contribution >= 4 is 17.1 Å². The summed E-state index contributed by atoms with van der Waals surface area (Å²) in [6, 6.07) is 7.61. The number of amides is 1. The smallest absolute Gasteiger partial charge is 0.408 e. The number of benzene rings is 1. The molecule has 3 rings (SSSR count). The predicted molar refractivity (Wildman–Crippen MR) is 82.5 cm³/mol. The first kappa shape index (κ1) is 15.0. The van der Waals surface area contributed by atoms with Crippen molar-refractivity contribution in [1.29, 1.82) is 0 Å². The summed E-state index contributed by atoms with van der Waals surface area (Å²) in [5.41, 5.74) is 1.14. The number of alkyl carbamates (subject to hydrolysis) is 1. The fraction of sp³-hybridized carbons (Fsp3) is 0.333. The Kier molecular flexibility index (Phi) is 3.73. The summed E-state index contributed by atoms with van der Waals surface area (Å²) in [6.45, 7) is 5.46. The summed E-state index contributed by atoms with van der Waals surface area (Å²) in [5.74, 6) is 1.02. The molecule has 23 heavy (non-hydrogen) atoms. The molecule has 3 aromatic rings. The van der Waals surface area contributed by atoms with Crippen molar-refractivity contribution < 1.29 is 13.9 Å². The SMILES string of the molecule is CC(C)(C)OC(=O)NCc1nnc(-c2nc3ccccc3[nH]2)o1.